The van der Waals surface area contributed by atoms with Gasteiger partial charge in [-0.05, 0) is 61.1 Å². The summed E-state index contributed by atoms with van der Waals surface area (Å²) in [5.74, 6) is 1.45. The lowest BCUT2D eigenvalue weighted by Gasteiger charge is -2.26. The number of nitrogens with one attached hydrogen (secondary N) is 1. The summed E-state index contributed by atoms with van der Waals surface area (Å²) in [6.07, 6.45) is 6.77. The molecule has 5 heteroatoms. The minimum Gasteiger partial charge on any atom is -0.326 e. The van der Waals surface area contributed by atoms with Gasteiger partial charge >= 0.3 is 0 Å². The Balaban J connectivity index is 1.43. The number of thioether (sulfide) groups is 1. The molecule has 1 aliphatic heterocycles. The largest absolute Gasteiger partial charge is 0.326 e. The Morgan fingerprint density at radius 2 is 1.83 bits per heavy atom. The van der Waals surface area contributed by atoms with Crippen molar-refractivity contribution in [2.45, 2.75) is 57.7 Å². The molecule has 1 saturated heterocycles. The van der Waals surface area contributed by atoms with Crippen LogP contribution in [0, 0.1) is 19.8 Å². The first-order valence-electron chi connectivity index (χ1n) is 10.9. The number of anilines is 2. The van der Waals surface area contributed by atoms with Gasteiger partial charge in [0.05, 0.1) is 5.75 Å². The lowest BCUT2D eigenvalue weighted by Crippen LogP contribution is -2.28. The second-order valence-electron chi connectivity index (χ2n) is 8.51. The van der Waals surface area contributed by atoms with Crippen LogP contribution in [-0.4, -0.2) is 17.6 Å². The van der Waals surface area contributed by atoms with Crippen molar-refractivity contribution >= 4 is 35.0 Å². The van der Waals surface area contributed by atoms with E-state index in [2.05, 4.69) is 25.2 Å². The van der Waals surface area contributed by atoms with E-state index in [1.54, 1.807) is 11.8 Å². The average Bonchev–Trinajstić information content (AvgIpc) is 3.39. The molecule has 2 amide bonds. The predicted molar refractivity (Wildman–Crippen MR) is 125 cm³/mol. The highest BCUT2D eigenvalue weighted by molar-refractivity contribution is 8.00. The molecule has 0 radical (unpaired) electrons. The summed E-state index contributed by atoms with van der Waals surface area (Å²) < 4.78 is 0. The molecule has 4 rings (SSSR count). The summed E-state index contributed by atoms with van der Waals surface area (Å²) in [4.78, 5) is 26.9. The molecule has 0 unspecified atom stereocenters. The molecule has 0 bridgehead atoms. The first-order valence-corrected chi connectivity index (χ1v) is 12.0. The molecular formula is C25H30N2O2S. The zero-order valence-corrected chi connectivity index (χ0v) is 18.6. The molecule has 30 heavy (non-hydrogen) atoms. The summed E-state index contributed by atoms with van der Waals surface area (Å²) in [6, 6.07) is 14.1. The van der Waals surface area contributed by atoms with Crippen molar-refractivity contribution in [1.29, 1.82) is 0 Å². The number of nitrogens with zero attached hydrogens (tertiary/aromatic N) is 1. The van der Waals surface area contributed by atoms with Crippen molar-refractivity contribution < 1.29 is 9.59 Å². The lowest BCUT2D eigenvalue weighted by atomic mass is 10.0. The van der Waals surface area contributed by atoms with Crippen LogP contribution in [0.5, 0.6) is 0 Å². The molecule has 2 aliphatic rings. The first-order chi connectivity index (χ1) is 14.5. The average molecular weight is 423 g/mol. The minimum absolute atomic E-state index is 0.0369. The van der Waals surface area contributed by atoms with E-state index in [9.17, 15) is 9.59 Å². The van der Waals surface area contributed by atoms with Gasteiger partial charge in [-0.3, -0.25) is 14.5 Å². The van der Waals surface area contributed by atoms with E-state index >= 15 is 0 Å². The third-order valence-corrected chi connectivity index (χ3v) is 7.65. The Bertz CT molecular complexity index is 919. The molecule has 1 heterocycles. The minimum atomic E-state index is -0.0369. The van der Waals surface area contributed by atoms with E-state index in [0.717, 1.165) is 34.8 Å². The van der Waals surface area contributed by atoms with Crippen LogP contribution in [0.3, 0.4) is 0 Å². The fourth-order valence-corrected chi connectivity index (χ4v) is 5.69. The number of rotatable bonds is 6. The third kappa shape index (κ3) is 4.56. The van der Waals surface area contributed by atoms with Gasteiger partial charge in [0.15, 0.2) is 0 Å². The Labute approximate surface area is 183 Å². The highest BCUT2D eigenvalue weighted by Crippen LogP contribution is 2.43. The summed E-state index contributed by atoms with van der Waals surface area (Å²) in [7, 11) is 0. The van der Waals surface area contributed by atoms with E-state index in [1.165, 1.54) is 31.2 Å². The highest BCUT2D eigenvalue weighted by Gasteiger charge is 2.34. The molecule has 2 fully saturated rings. The van der Waals surface area contributed by atoms with Gasteiger partial charge in [-0.25, -0.2) is 0 Å². The second kappa shape index (κ2) is 9.25. The van der Waals surface area contributed by atoms with Gasteiger partial charge < -0.3 is 5.32 Å². The third-order valence-electron chi connectivity index (χ3n) is 6.44. The van der Waals surface area contributed by atoms with Gasteiger partial charge in [0.25, 0.3) is 0 Å². The Morgan fingerprint density at radius 3 is 2.57 bits per heavy atom. The smallest absolute Gasteiger partial charge is 0.238 e. The molecule has 158 valence electrons. The van der Waals surface area contributed by atoms with Gasteiger partial charge in [0, 0.05) is 17.8 Å². The van der Waals surface area contributed by atoms with Crippen molar-refractivity contribution in [3.8, 4) is 0 Å². The molecule has 0 aromatic heterocycles. The van der Waals surface area contributed by atoms with E-state index in [0.29, 0.717) is 12.2 Å². The molecule has 2 aromatic carbocycles. The zero-order valence-electron chi connectivity index (χ0n) is 17.8. The van der Waals surface area contributed by atoms with Gasteiger partial charge in [0.1, 0.15) is 5.37 Å². The fraction of sp³-hybridized carbons (Fsp3) is 0.440. The first kappa shape index (κ1) is 21.0. The molecule has 1 aliphatic carbocycles. The quantitative estimate of drug-likeness (QED) is 0.622. The van der Waals surface area contributed by atoms with E-state index < -0.39 is 0 Å². The molecule has 2 aromatic rings. The summed E-state index contributed by atoms with van der Waals surface area (Å²) in [5, 5.41) is 2.99. The van der Waals surface area contributed by atoms with Gasteiger partial charge in [-0.15, -0.1) is 11.8 Å². The molecular weight excluding hydrogens is 392 g/mol. The fourth-order valence-electron chi connectivity index (χ4n) is 4.52. The molecule has 1 N–H and O–H groups in total. The van der Waals surface area contributed by atoms with Crippen LogP contribution in [-0.2, 0) is 9.59 Å². The number of aryl methyl sites for hydroxylation is 1. The van der Waals surface area contributed by atoms with Gasteiger partial charge in [-0.1, -0.05) is 49.9 Å². The van der Waals surface area contributed by atoms with E-state index in [4.69, 9.17) is 0 Å². The Morgan fingerprint density at radius 1 is 1.10 bits per heavy atom. The molecule has 0 spiro atoms. The number of carbonyl (C=O) groups excluding carboxylic acids is 2. The van der Waals surface area contributed by atoms with E-state index in [-0.39, 0.29) is 17.2 Å². The maximum absolute atomic E-state index is 12.7. The monoisotopic (exact) mass is 422 g/mol. The number of hydrogen-bond acceptors (Lipinski definition) is 3. The van der Waals surface area contributed by atoms with Crippen molar-refractivity contribution in [3.05, 3.63) is 59.2 Å². The van der Waals surface area contributed by atoms with Crippen LogP contribution in [0.25, 0.3) is 0 Å². The second-order valence-corrected chi connectivity index (χ2v) is 9.57. The van der Waals surface area contributed by atoms with Crippen LogP contribution in [0.15, 0.2) is 42.5 Å². The maximum Gasteiger partial charge on any atom is 0.238 e. The van der Waals surface area contributed by atoms with Crippen LogP contribution in [0.2, 0.25) is 0 Å². The normalized spacial score (nSPS) is 19.5. The van der Waals surface area contributed by atoms with Crippen LogP contribution < -0.4 is 10.2 Å². The van der Waals surface area contributed by atoms with Gasteiger partial charge in [0.2, 0.25) is 11.8 Å². The summed E-state index contributed by atoms with van der Waals surface area (Å²) in [5.41, 5.74) is 5.22. The number of benzene rings is 2. The van der Waals surface area contributed by atoms with Gasteiger partial charge in [-0.2, -0.15) is 0 Å². The van der Waals surface area contributed by atoms with Crippen LogP contribution in [0.4, 0.5) is 11.4 Å². The topological polar surface area (TPSA) is 49.4 Å². The lowest BCUT2D eigenvalue weighted by molar-refractivity contribution is -0.117. The zero-order chi connectivity index (χ0) is 21.1. The predicted octanol–water partition coefficient (Wildman–Crippen LogP) is 5.99. The Kier molecular flexibility index (Phi) is 6.47. The van der Waals surface area contributed by atoms with Crippen molar-refractivity contribution in [2.75, 3.05) is 16.0 Å². The molecule has 1 atom stereocenters. The maximum atomic E-state index is 12.7. The van der Waals surface area contributed by atoms with Crippen molar-refractivity contribution in [3.63, 3.8) is 0 Å². The van der Waals surface area contributed by atoms with Crippen LogP contribution in [0.1, 0.15) is 60.6 Å². The standard InChI is InChI=1S/C25H30N2O2S/c1-17-6-5-9-22(18(17)2)27-24(29)16-30-25(27)20-11-13-21(14-12-20)26-23(28)15-10-19-7-3-4-8-19/h5-6,9,11-14,19,25H,3-4,7-8,10,15-16H2,1-2H3,(H,26,28)/t25-/m0/s1. The summed E-state index contributed by atoms with van der Waals surface area (Å²) in [6.45, 7) is 4.15. The Hall–Kier alpha value is -2.27. The number of hydrogen-bond donors (Lipinski definition) is 1. The molecule has 4 nitrogen and oxygen atoms in total. The SMILES string of the molecule is Cc1cccc(N2C(=O)CS[C@H]2c2ccc(NC(=O)CCC3CCCC3)cc2)c1C. The van der Waals surface area contributed by atoms with Crippen molar-refractivity contribution in [2.24, 2.45) is 5.92 Å². The number of amides is 2. The molecule has 1 saturated carbocycles. The number of carbonyl (C=O) groups is 2. The van der Waals surface area contributed by atoms with Crippen LogP contribution >= 0.6 is 11.8 Å². The van der Waals surface area contributed by atoms with E-state index in [1.807, 2.05) is 41.3 Å². The highest BCUT2D eigenvalue weighted by atomic mass is 32.2. The summed E-state index contributed by atoms with van der Waals surface area (Å²) >= 11 is 1.65. The van der Waals surface area contributed by atoms with Crippen molar-refractivity contribution in [1.82, 2.24) is 0 Å².